The third-order valence-corrected chi connectivity index (χ3v) is 6.90. The highest BCUT2D eigenvalue weighted by atomic mass is 35.5. The Bertz CT molecular complexity index is 1180. The van der Waals surface area contributed by atoms with E-state index in [4.69, 9.17) is 23.2 Å². The van der Waals surface area contributed by atoms with Crippen LogP contribution in [0.15, 0.2) is 18.2 Å². The molecule has 4 N–H and O–H groups in total. The van der Waals surface area contributed by atoms with E-state index in [0.717, 1.165) is 12.8 Å². The SMILES string of the molecule is CC1(C)C[C@@H](CC(C#N)NC(=O)C(CC2CC2)NC(=O)c2cc3c(Cl)cc(Cl)cc3[nH]2)C(=O)N1. The molecule has 1 aromatic heterocycles. The van der Waals surface area contributed by atoms with Gasteiger partial charge in [-0.2, -0.15) is 5.26 Å². The molecule has 0 bridgehead atoms. The second kappa shape index (κ2) is 9.47. The lowest BCUT2D eigenvalue weighted by atomic mass is 9.92. The summed E-state index contributed by atoms with van der Waals surface area (Å²) in [5.41, 5.74) is 0.545. The second-order valence-corrected chi connectivity index (χ2v) is 10.8. The van der Waals surface area contributed by atoms with Crippen molar-refractivity contribution in [3.8, 4) is 6.07 Å². The van der Waals surface area contributed by atoms with Gasteiger partial charge in [-0.15, -0.1) is 0 Å². The zero-order valence-electron chi connectivity index (χ0n) is 19.0. The number of carbonyl (C=O) groups is 3. The van der Waals surface area contributed by atoms with Crippen LogP contribution < -0.4 is 16.0 Å². The standard InChI is InChI=1S/C24H27Cl2N5O3/c1-24(2)10-13(21(32)31-24)6-15(11-27)28-22(33)19(5-12-3-4-12)30-23(34)20-9-16-17(26)7-14(25)8-18(16)29-20/h7-9,12-13,15,19,29H,3-6,10H2,1-2H3,(H,28,33)(H,30,34)(H,31,32)/t13-,15?,19?/m1/s1. The predicted octanol–water partition coefficient (Wildman–Crippen LogP) is 3.69. The quantitative estimate of drug-likeness (QED) is 0.437. The number of hydrogen-bond donors (Lipinski definition) is 4. The Balaban J connectivity index is 1.44. The molecule has 34 heavy (non-hydrogen) atoms. The lowest BCUT2D eigenvalue weighted by Crippen LogP contribution is -2.50. The summed E-state index contributed by atoms with van der Waals surface area (Å²) in [7, 11) is 0. The third-order valence-electron chi connectivity index (χ3n) is 6.37. The Morgan fingerprint density at radius 1 is 1.21 bits per heavy atom. The molecule has 1 saturated heterocycles. The van der Waals surface area contributed by atoms with Gasteiger partial charge < -0.3 is 20.9 Å². The van der Waals surface area contributed by atoms with E-state index in [0.29, 0.717) is 39.7 Å². The second-order valence-electron chi connectivity index (χ2n) is 9.94. The van der Waals surface area contributed by atoms with Crippen LogP contribution in [0.2, 0.25) is 10.0 Å². The van der Waals surface area contributed by atoms with Crippen molar-refractivity contribution in [2.45, 2.75) is 63.6 Å². The number of benzene rings is 1. The number of aromatic nitrogens is 1. The third kappa shape index (κ3) is 5.65. The van der Waals surface area contributed by atoms with Gasteiger partial charge in [-0.3, -0.25) is 14.4 Å². The molecule has 1 aromatic carbocycles. The Labute approximate surface area is 207 Å². The maximum atomic E-state index is 13.1. The number of hydrogen-bond acceptors (Lipinski definition) is 4. The number of carbonyl (C=O) groups excluding carboxylic acids is 3. The zero-order valence-corrected chi connectivity index (χ0v) is 20.5. The van der Waals surface area contributed by atoms with Crippen LogP contribution in [0.3, 0.4) is 0 Å². The molecule has 10 heteroatoms. The minimum atomic E-state index is -0.829. The van der Waals surface area contributed by atoms with Gasteiger partial charge in [-0.1, -0.05) is 36.0 Å². The van der Waals surface area contributed by atoms with Crippen LogP contribution >= 0.6 is 23.2 Å². The van der Waals surface area contributed by atoms with E-state index < -0.39 is 23.9 Å². The van der Waals surface area contributed by atoms with E-state index in [1.54, 1.807) is 18.2 Å². The minimum absolute atomic E-state index is 0.111. The molecule has 0 radical (unpaired) electrons. The van der Waals surface area contributed by atoms with Crippen molar-refractivity contribution in [1.29, 1.82) is 5.26 Å². The van der Waals surface area contributed by atoms with Crippen LogP contribution in [0.4, 0.5) is 0 Å². The Morgan fingerprint density at radius 3 is 2.56 bits per heavy atom. The average molecular weight is 504 g/mol. The number of fused-ring (bicyclic) bond motifs is 1. The van der Waals surface area contributed by atoms with E-state index in [1.807, 2.05) is 13.8 Å². The summed E-state index contributed by atoms with van der Waals surface area (Å²) in [6.45, 7) is 3.86. The van der Waals surface area contributed by atoms with Gasteiger partial charge in [-0.25, -0.2) is 0 Å². The highest BCUT2D eigenvalue weighted by molar-refractivity contribution is 6.38. The lowest BCUT2D eigenvalue weighted by Gasteiger charge is -2.21. The number of amides is 3. The lowest BCUT2D eigenvalue weighted by molar-refractivity contribution is -0.125. The maximum absolute atomic E-state index is 13.1. The number of nitrogens with one attached hydrogen (secondary N) is 4. The topological polar surface area (TPSA) is 127 Å². The molecule has 2 unspecified atom stereocenters. The molecule has 1 saturated carbocycles. The number of rotatable bonds is 8. The van der Waals surface area contributed by atoms with Crippen LogP contribution in [0, 0.1) is 23.2 Å². The number of nitriles is 1. The van der Waals surface area contributed by atoms with Crippen molar-refractivity contribution in [2.24, 2.45) is 11.8 Å². The summed E-state index contributed by atoms with van der Waals surface area (Å²) in [5.74, 6) is -0.982. The van der Waals surface area contributed by atoms with E-state index in [1.165, 1.54) is 0 Å². The number of aromatic amines is 1. The summed E-state index contributed by atoms with van der Waals surface area (Å²) in [5, 5.41) is 19.6. The van der Waals surface area contributed by atoms with E-state index in [2.05, 4.69) is 27.0 Å². The largest absolute Gasteiger partial charge is 0.351 e. The van der Waals surface area contributed by atoms with Crippen molar-refractivity contribution in [2.75, 3.05) is 0 Å². The molecular formula is C24H27Cl2N5O3. The molecule has 180 valence electrons. The normalized spacial score (nSPS) is 20.9. The molecule has 8 nitrogen and oxygen atoms in total. The summed E-state index contributed by atoms with van der Waals surface area (Å²) < 4.78 is 0. The summed E-state index contributed by atoms with van der Waals surface area (Å²) in [4.78, 5) is 41.2. The number of nitrogens with zero attached hydrogens (tertiary/aromatic N) is 1. The first-order valence-corrected chi connectivity index (χ1v) is 12.1. The molecule has 3 amide bonds. The predicted molar refractivity (Wildman–Crippen MR) is 129 cm³/mol. The highest BCUT2D eigenvalue weighted by Crippen LogP contribution is 2.34. The molecule has 0 spiro atoms. The molecule has 2 aliphatic rings. The molecule has 1 aliphatic carbocycles. The number of H-pyrrole nitrogens is 1. The first-order chi connectivity index (χ1) is 16.0. The zero-order chi connectivity index (χ0) is 24.6. The molecule has 4 rings (SSSR count). The van der Waals surface area contributed by atoms with E-state index in [-0.39, 0.29) is 29.5 Å². The van der Waals surface area contributed by atoms with Crippen molar-refractivity contribution in [3.05, 3.63) is 33.9 Å². The molecule has 2 fully saturated rings. The van der Waals surface area contributed by atoms with Gasteiger partial charge >= 0.3 is 0 Å². The van der Waals surface area contributed by atoms with E-state index >= 15 is 0 Å². The van der Waals surface area contributed by atoms with Crippen LogP contribution in [-0.2, 0) is 9.59 Å². The minimum Gasteiger partial charge on any atom is -0.351 e. The molecule has 1 aliphatic heterocycles. The average Bonchev–Trinajstić information content (AvgIpc) is 3.39. The van der Waals surface area contributed by atoms with Crippen LogP contribution in [-0.4, -0.2) is 40.3 Å². The van der Waals surface area contributed by atoms with Crippen molar-refractivity contribution in [1.82, 2.24) is 20.9 Å². The van der Waals surface area contributed by atoms with Crippen molar-refractivity contribution in [3.63, 3.8) is 0 Å². The molecule has 2 heterocycles. The van der Waals surface area contributed by atoms with Crippen LogP contribution in [0.1, 0.15) is 56.4 Å². The smallest absolute Gasteiger partial charge is 0.268 e. The van der Waals surface area contributed by atoms with Gasteiger partial charge in [0.1, 0.15) is 17.8 Å². The van der Waals surface area contributed by atoms with Crippen molar-refractivity contribution >= 4 is 51.8 Å². The van der Waals surface area contributed by atoms with Gasteiger partial charge in [-0.05, 0) is 57.2 Å². The fourth-order valence-corrected chi connectivity index (χ4v) is 5.07. The Hall–Kier alpha value is -2.76. The van der Waals surface area contributed by atoms with Crippen molar-refractivity contribution < 1.29 is 14.4 Å². The molecule has 3 atom stereocenters. The van der Waals surface area contributed by atoms with Gasteiger partial charge in [0.25, 0.3) is 5.91 Å². The fourth-order valence-electron chi connectivity index (χ4n) is 4.52. The Morgan fingerprint density at radius 2 is 1.94 bits per heavy atom. The van der Waals surface area contributed by atoms with Gasteiger partial charge in [0.05, 0.1) is 11.1 Å². The Kier molecular flexibility index (Phi) is 6.79. The van der Waals surface area contributed by atoms with Gasteiger partial charge in [0, 0.05) is 27.4 Å². The first-order valence-electron chi connectivity index (χ1n) is 11.4. The summed E-state index contributed by atoms with van der Waals surface area (Å²) >= 11 is 12.3. The van der Waals surface area contributed by atoms with Gasteiger partial charge in [0.15, 0.2) is 0 Å². The van der Waals surface area contributed by atoms with Crippen LogP contribution in [0.5, 0.6) is 0 Å². The summed E-state index contributed by atoms with van der Waals surface area (Å²) in [6, 6.07) is 5.35. The highest BCUT2D eigenvalue weighted by Gasteiger charge is 2.39. The summed E-state index contributed by atoms with van der Waals surface area (Å²) in [6.07, 6.45) is 3.30. The maximum Gasteiger partial charge on any atom is 0.268 e. The fraction of sp³-hybridized carbons (Fsp3) is 0.500. The monoisotopic (exact) mass is 503 g/mol. The first kappa shape index (κ1) is 24.4. The van der Waals surface area contributed by atoms with E-state index in [9.17, 15) is 19.6 Å². The molecular weight excluding hydrogens is 477 g/mol. The van der Waals surface area contributed by atoms with Crippen LogP contribution in [0.25, 0.3) is 10.9 Å². The molecule has 2 aromatic rings. The van der Waals surface area contributed by atoms with Gasteiger partial charge in [0.2, 0.25) is 11.8 Å². The number of halogens is 2.